The summed E-state index contributed by atoms with van der Waals surface area (Å²) >= 11 is 0. The van der Waals surface area contributed by atoms with Crippen molar-refractivity contribution in [2.24, 2.45) is 0 Å². The molecule has 4 heteroatoms. The van der Waals surface area contributed by atoms with Crippen molar-refractivity contribution in [2.75, 3.05) is 0 Å². The number of benzene rings is 1. The quantitative estimate of drug-likeness (QED) is 0.879. The van der Waals surface area contributed by atoms with E-state index in [1.54, 1.807) is 27.7 Å². The summed E-state index contributed by atoms with van der Waals surface area (Å²) in [6.45, 7) is 7.17. The Labute approximate surface area is 114 Å². The van der Waals surface area contributed by atoms with E-state index in [2.05, 4.69) is 5.32 Å². The monoisotopic (exact) mass is 265 g/mol. The third kappa shape index (κ3) is 6.25. The number of aliphatic hydroxyl groups is 1. The van der Waals surface area contributed by atoms with Crippen LogP contribution >= 0.6 is 0 Å². The highest BCUT2D eigenvalue weighted by Gasteiger charge is 2.21. The first kappa shape index (κ1) is 15.5. The summed E-state index contributed by atoms with van der Waals surface area (Å²) in [5, 5.41) is 12.7. The highest BCUT2D eigenvalue weighted by Crippen LogP contribution is 2.09. The number of nitrogens with one attached hydrogen (secondary N) is 1. The topological polar surface area (TPSA) is 58.6 Å². The van der Waals surface area contributed by atoms with Crippen molar-refractivity contribution in [2.45, 2.75) is 51.9 Å². The van der Waals surface area contributed by atoms with Gasteiger partial charge in [-0.25, -0.2) is 4.79 Å². The highest BCUT2D eigenvalue weighted by atomic mass is 16.6. The fourth-order valence-electron chi connectivity index (χ4n) is 1.62. The lowest BCUT2D eigenvalue weighted by atomic mass is 10.0. The van der Waals surface area contributed by atoms with Gasteiger partial charge in [0.25, 0.3) is 0 Å². The Kier molecular flexibility index (Phi) is 5.36. The molecule has 2 N–H and O–H groups in total. The predicted octanol–water partition coefficient (Wildman–Crippen LogP) is 2.50. The molecule has 0 fully saturated rings. The van der Waals surface area contributed by atoms with Crippen molar-refractivity contribution in [3.8, 4) is 0 Å². The van der Waals surface area contributed by atoms with Crippen LogP contribution in [0.4, 0.5) is 4.79 Å². The van der Waals surface area contributed by atoms with Crippen LogP contribution in [0.2, 0.25) is 0 Å². The summed E-state index contributed by atoms with van der Waals surface area (Å²) in [6, 6.07) is 9.31. The van der Waals surface area contributed by atoms with Gasteiger partial charge < -0.3 is 15.2 Å². The first-order valence-corrected chi connectivity index (χ1v) is 6.49. The molecule has 0 radical (unpaired) electrons. The molecular formula is C15H23NO3. The Balaban J connectivity index is 2.45. The Morgan fingerprint density at radius 2 is 1.89 bits per heavy atom. The average molecular weight is 265 g/mol. The minimum absolute atomic E-state index is 0.366. The summed E-state index contributed by atoms with van der Waals surface area (Å²) in [6.07, 6.45) is -0.653. The van der Waals surface area contributed by atoms with Gasteiger partial charge in [0.2, 0.25) is 0 Å². The van der Waals surface area contributed by atoms with E-state index in [1.807, 2.05) is 30.3 Å². The van der Waals surface area contributed by atoms with E-state index < -0.39 is 17.8 Å². The molecule has 0 aliphatic heterocycles. The van der Waals surface area contributed by atoms with E-state index in [0.717, 1.165) is 5.56 Å². The second kappa shape index (κ2) is 6.57. The van der Waals surface area contributed by atoms with Crippen LogP contribution in [0.15, 0.2) is 30.3 Å². The van der Waals surface area contributed by atoms with Crippen LogP contribution in [0, 0.1) is 0 Å². The fraction of sp³-hybridized carbons (Fsp3) is 0.533. The molecule has 1 amide bonds. The maximum atomic E-state index is 11.6. The third-order valence-electron chi connectivity index (χ3n) is 2.61. The van der Waals surface area contributed by atoms with E-state index in [9.17, 15) is 9.90 Å². The first-order chi connectivity index (χ1) is 8.78. The molecule has 0 heterocycles. The van der Waals surface area contributed by atoms with Crippen LogP contribution in [0.5, 0.6) is 0 Å². The maximum Gasteiger partial charge on any atom is 0.407 e. The third-order valence-corrected chi connectivity index (χ3v) is 2.61. The lowest BCUT2D eigenvalue weighted by Gasteiger charge is -2.24. The molecule has 0 aliphatic carbocycles. The Morgan fingerprint density at radius 1 is 1.32 bits per heavy atom. The van der Waals surface area contributed by atoms with Gasteiger partial charge in [-0.15, -0.1) is 0 Å². The molecule has 0 saturated carbocycles. The molecule has 0 spiro atoms. The largest absolute Gasteiger partial charge is 0.444 e. The van der Waals surface area contributed by atoms with E-state index >= 15 is 0 Å². The fourth-order valence-corrected chi connectivity index (χ4v) is 1.62. The molecule has 1 aromatic carbocycles. The molecule has 2 atom stereocenters. The molecule has 0 aliphatic rings. The van der Waals surface area contributed by atoms with Gasteiger partial charge >= 0.3 is 6.09 Å². The minimum Gasteiger partial charge on any atom is -0.444 e. The van der Waals surface area contributed by atoms with Gasteiger partial charge in [-0.3, -0.25) is 0 Å². The molecule has 0 bridgehead atoms. The predicted molar refractivity (Wildman–Crippen MR) is 75.0 cm³/mol. The van der Waals surface area contributed by atoms with Gasteiger partial charge in [0.05, 0.1) is 12.1 Å². The zero-order valence-corrected chi connectivity index (χ0v) is 12.0. The summed E-state index contributed by atoms with van der Waals surface area (Å²) in [7, 11) is 0. The Bertz CT molecular complexity index is 398. The van der Waals surface area contributed by atoms with Crippen LogP contribution in [-0.4, -0.2) is 28.9 Å². The van der Waals surface area contributed by atoms with Gasteiger partial charge in [0, 0.05) is 6.42 Å². The van der Waals surface area contributed by atoms with E-state index in [1.165, 1.54) is 0 Å². The zero-order valence-electron chi connectivity index (χ0n) is 12.0. The van der Waals surface area contributed by atoms with E-state index in [4.69, 9.17) is 4.74 Å². The van der Waals surface area contributed by atoms with Crippen molar-refractivity contribution < 1.29 is 14.6 Å². The van der Waals surface area contributed by atoms with Crippen molar-refractivity contribution in [1.82, 2.24) is 5.32 Å². The van der Waals surface area contributed by atoms with Crippen LogP contribution in [0.25, 0.3) is 0 Å². The second-order valence-corrected chi connectivity index (χ2v) is 5.69. The molecule has 4 nitrogen and oxygen atoms in total. The van der Waals surface area contributed by atoms with Crippen molar-refractivity contribution >= 4 is 6.09 Å². The van der Waals surface area contributed by atoms with E-state index in [-0.39, 0.29) is 6.04 Å². The van der Waals surface area contributed by atoms with Crippen LogP contribution in [0.1, 0.15) is 33.3 Å². The number of carbonyl (C=O) groups is 1. The molecule has 1 aromatic rings. The smallest absolute Gasteiger partial charge is 0.407 e. The van der Waals surface area contributed by atoms with Crippen molar-refractivity contribution in [3.63, 3.8) is 0 Å². The lowest BCUT2D eigenvalue weighted by Crippen LogP contribution is -2.44. The Morgan fingerprint density at radius 3 is 2.42 bits per heavy atom. The SMILES string of the molecule is CC(NC(=O)OC(C)(C)C)C(O)Cc1ccccc1. The molecule has 19 heavy (non-hydrogen) atoms. The molecule has 2 unspecified atom stereocenters. The number of amides is 1. The zero-order chi connectivity index (χ0) is 14.5. The van der Waals surface area contributed by atoms with Crippen molar-refractivity contribution in [3.05, 3.63) is 35.9 Å². The second-order valence-electron chi connectivity index (χ2n) is 5.69. The van der Waals surface area contributed by atoms with Crippen LogP contribution < -0.4 is 5.32 Å². The van der Waals surface area contributed by atoms with E-state index in [0.29, 0.717) is 6.42 Å². The minimum atomic E-state index is -0.644. The number of carbonyl (C=O) groups excluding carboxylic acids is 1. The molecule has 0 saturated heterocycles. The van der Waals surface area contributed by atoms with Crippen LogP contribution in [0.3, 0.4) is 0 Å². The number of rotatable bonds is 4. The average Bonchev–Trinajstić information content (AvgIpc) is 2.27. The normalized spacial score (nSPS) is 14.6. The van der Waals surface area contributed by atoms with Gasteiger partial charge in [0.1, 0.15) is 5.60 Å². The summed E-state index contributed by atoms with van der Waals surface area (Å²) < 4.78 is 5.15. The van der Waals surface area contributed by atoms with Crippen LogP contribution in [-0.2, 0) is 11.2 Å². The molecule has 106 valence electrons. The van der Waals surface area contributed by atoms with Gasteiger partial charge in [-0.1, -0.05) is 30.3 Å². The molecule has 0 aromatic heterocycles. The number of ether oxygens (including phenoxy) is 1. The van der Waals surface area contributed by atoms with Gasteiger partial charge in [-0.05, 0) is 33.3 Å². The summed E-state index contributed by atoms with van der Waals surface area (Å²) in [5.74, 6) is 0. The van der Waals surface area contributed by atoms with Crippen molar-refractivity contribution in [1.29, 1.82) is 0 Å². The molecule has 1 rings (SSSR count). The number of hydrogen-bond donors (Lipinski definition) is 2. The van der Waals surface area contributed by atoms with Gasteiger partial charge in [-0.2, -0.15) is 0 Å². The highest BCUT2D eigenvalue weighted by molar-refractivity contribution is 5.68. The number of hydrogen-bond acceptors (Lipinski definition) is 3. The van der Waals surface area contributed by atoms with Gasteiger partial charge in [0.15, 0.2) is 0 Å². The number of aliphatic hydroxyl groups excluding tert-OH is 1. The summed E-state index contributed by atoms with van der Waals surface area (Å²) in [4.78, 5) is 11.6. The number of alkyl carbamates (subject to hydrolysis) is 1. The lowest BCUT2D eigenvalue weighted by molar-refractivity contribution is 0.0436. The Hall–Kier alpha value is -1.55. The standard InChI is InChI=1S/C15H23NO3/c1-11(16-14(18)19-15(2,3)4)13(17)10-12-8-6-5-7-9-12/h5-9,11,13,17H,10H2,1-4H3,(H,16,18). The summed E-state index contributed by atoms with van der Waals surface area (Å²) in [5.41, 5.74) is 0.501. The first-order valence-electron chi connectivity index (χ1n) is 6.49. The molecular weight excluding hydrogens is 242 g/mol. The maximum absolute atomic E-state index is 11.6.